The zero-order valence-electron chi connectivity index (χ0n) is 13.9. The number of carbonyl (C=O) groups excluding carboxylic acids is 1. The molecule has 2 rings (SSSR count). The Balaban J connectivity index is 1.85. The predicted molar refractivity (Wildman–Crippen MR) is 86.7 cm³/mol. The van der Waals surface area contributed by atoms with E-state index in [0.717, 1.165) is 31.4 Å². The van der Waals surface area contributed by atoms with E-state index < -0.39 is 5.60 Å². The van der Waals surface area contributed by atoms with Crippen LogP contribution in [-0.2, 0) is 16.1 Å². The quantitative estimate of drug-likeness (QED) is 0.844. The van der Waals surface area contributed by atoms with Gasteiger partial charge in [0.15, 0.2) is 0 Å². The zero-order chi connectivity index (χ0) is 16.0. The standard InChI is InChI=1S/C18H27NO3/c1-18(2,3)22-17(20)19-12-8-7-11-16(19)14-21-13-15-9-5-4-6-10-15/h4-6,9-10,16H,7-8,11-14H2,1-3H3. The van der Waals surface area contributed by atoms with Gasteiger partial charge in [-0.25, -0.2) is 4.79 Å². The summed E-state index contributed by atoms with van der Waals surface area (Å²) in [7, 11) is 0. The van der Waals surface area contributed by atoms with Gasteiger partial charge in [-0.15, -0.1) is 0 Å². The van der Waals surface area contributed by atoms with Crippen LogP contribution in [-0.4, -0.2) is 35.8 Å². The first kappa shape index (κ1) is 16.8. The zero-order valence-corrected chi connectivity index (χ0v) is 13.9. The smallest absolute Gasteiger partial charge is 0.410 e. The fraction of sp³-hybridized carbons (Fsp3) is 0.611. The Morgan fingerprint density at radius 2 is 1.95 bits per heavy atom. The lowest BCUT2D eigenvalue weighted by molar-refractivity contribution is -0.00997. The number of ether oxygens (including phenoxy) is 2. The number of hydrogen-bond acceptors (Lipinski definition) is 3. The van der Waals surface area contributed by atoms with Crippen molar-refractivity contribution in [2.24, 2.45) is 0 Å². The van der Waals surface area contributed by atoms with Gasteiger partial charge in [0.05, 0.1) is 19.3 Å². The van der Waals surface area contributed by atoms with Crippen molar-refractivity contribution in [3.63, 3.8) is 0 Å². The SMILES string of the molecule is CC(C)(C)OC(=O)N1CCCCC1COCc1ccccc1. The van der Waals surface area contributed by atoms with Crippen molar-refractivity contribution in [1.82, 2.24) is 4.90 Å². The van der Waals surface area contributed by atoms with E-state index >= 15 is 0 Å². The summed E-state index contributed by atoms with van der Waals surface area (Å²) in [5.74, 6) is 0. The van der Waals surface area contributed by atoms with E-state index in [1.807, 2.05) is 56.0 Å². The van der Waals surface area contributed by atoms with Gasteiger partial charge in [0.25, 0.3) is 0 Å². The molecule has 1 unspecified atom stereocenters. The summed E-state index contributed by atoms with van der Waals surface area (Å²) in [6.45, 7) is 7.60. The molecule has 1 heterocycles. The van der Waals surface area contributed by atoms with Crippen molar-refractivity contribution in [2.45, 2.75) is 58.3 Å². The molecule has 1 aromatic carbocycles. The molecule has 4 heteroatoms. The molecule has 1 amide bonds. The number of nitrogens with zero attached hydrogens (tertiary/aromatic N) is 1. The number of likely N-dealkylation sites (tertiary alicyclic amines) is 1. The highest BCUT2D eigenvalue weighted by molar-refractivity contribution is 5.68. The molecule has 1 saturated heterocycles. The minimum absolute atomic E-state index is 0.118. The molecule has 0 saturated carbocycles. The Hall–Kier alpha value is -1.55. The van der Waals surface area contributed by atoms with E-state index in [9.17, 15) is 4.79 Å². The van der Waals surface area contributed by atoms with Crippen LogP contribution < -0.4 is 0 Å². The van der Waals surface area contributed by atoms with Crippen LogP contribution in [0.2, 0.25) is 0 Å². The monoisotopic (exact) mass is 305 g/mol. The summed E-state index contributed by atoms with van der Waals surface area (Å²) in [6, 6.07) is 10.2. The minimum Gasteiger partial charge on any atom is -0.444 e. The molecule has 1 aliphatic heterocycles. The molecule has 0 bridgehead atoms. The maximum atomic E-state index is 12.3. The second-order valence-corrected chi connectivity index (χ2v) is 6.82. The van der Waals surface area contributed by atoms with Crippen LogP contribution in [0.4, 0.5) is 4.79 Å². The van der Waals surface area contributed by atoms with Crippen LogP contribution in [0.5, 0.6) is 0 Å². The van der Waals surface area contributed by atoms with Gasteiger partial charge in [-0.2, -0.15) is 0 Å². The molecular formula is C18H27NO3. The number of carbonyl (C=O) groups is 1. The Morgan fingerprint density at radius 1 is 1.23 bits per heavy atom. The number of piperidine rings is 1. The molecule has 1 aliphatic rings. The van der Waals surface area contributed by atoms with Crippen LogP contribution in [0.15, 0.2) is 30.3 Å². The van der Waals surface area contributed by atoms with Gasteiger partial charge >= 0.3 is 6.09 Å². The number of benzene rings is 1. The van der Waals surface area contributed by atoms with Crippen LogP contribution in [0, 0.1) is 0 Å². The second-order valence-electron chi connectivity index (χ2n) is 6.82. The van der Waals surface area contributed by atoms with Crippen molar-refractivity contribution in [1.29, 1.82) is 0 Å². The molecule has 4 nitrogen and oxygen atoms in total. The maximum absolute atomic E-state index is 12.3. The molecular weight excluding hydrogens is 278 g/mol. The predicted octanol–water partition coefficient (Wildman–Crippen LogP) is 3.99. The van der Waals surface area contributed by atoms with E-state index in [2.05, 4.69) is 0 Å². The summed E-state index contributed by atoms with van der Waals surface area (Å²) in [6.07, 6.45) is 2.93. The molecule has 0 aliphatic carbocycles. The lowest BCUT2D eigenvalue weighted by Crippen LogP contribution is -2.48. The van der Waals surface area contributed by atoms with Crippen molar-refractivity contribution >= 4 is 6.09 Å². The fourth-order valence-corrected chi connectivity index (χ4v) is 2.62. The van der Waals surface area contributed by atoms with E-state index in [0.29, 0.717) is 13.2 Å². The van der Waals surface area contributed by atoms with E-state index in [1.165, 1.54) is 0 Å². The summed E-state index contributed by atoms with van der Waals surface area (Å²) < 4.78 is 11.3. The molecule has 1 aromatic rings. The lowest BCUT2D eigenvalue weighted by atomic mass is 10.0. The van der Waals surface area contributed by atoms with Gasteiger partial charge in [-0.3, -0.25) is 0 Å². The molecule has 0 spiro atoms. The normalized spacial score (nSPS) is 19.0. The molecule has 0 aromatic heterocycles. The van der Waals surface area contributed by atoms with Gasteiger partial charge in [-0.05, 0) is 45.6 Å². The van der Waals surface area contributed by atoms with Crippen LogP contribution in [0.3, 0.4) is 0 Å². The molecule has 22 heavy (non-hydrogen) atoms. The van der Waals surface area contributed by atoms with Crippen LogP contribution in [0.25, 0.3) is 0 Å². The third-order valence-electron chi connectivity index (χ3n) is 3.68. The molecule has 0 N–H and O–H groups in total. The van der Waals surface area contributed by atoms with Crippen LogP contribution >= 0.6 is 0 Å². The van der Waals surface area contributed by atoms with E-state index in [-0.39, 0.29) is 12.1 Å². The van der Waals surface area contributed by atoms with Crippen molar-refractivity contribution in [3.8, 4) is 0 Å². The highest BCUT2D eigenvalue weighted by Crippen LogP contribution is 2.21. The van der Waals surface area contributed by atoms with Crippen LogP contribution in [0.1, 0.15) is 45.6 Å². The van der Waals surface area contributed by atoms with Gasteiger partial charge < -0.3 is 14.4 Å². The largest absolute Gasteiger partial charge is 0.444 e. The Labute approximate surface area is 133 Å². The lowest BCUT2D eigenvalue weighted by Gasteiger charge is -2.36. The number of amides is 1. The maximum Gasteiger partial charge on any atom is 0.410 e. The summed E-state index contributed by atoms with van der Waals surface area (Å²) in [4.78, 5) is 14.1. The average Bonchev–Trinajstić information content (AvgIpc) is 2.47. The first-order valence-corrected chi connectivity index (χ1v) is 8.07. The Kier molecular flexibility index (Phi) is 5.83. The summed E-state index contributed by atoms with van der Waals surface area (Å²) in [5, 5.41) is 0. The highest BCUT2D eigenvalue weighted by atomic mass is 16.6. The second kappa shape index (κ2) is 7.63. The molecule has 1 fully saturated rings. The highest BCUT2D eigenvalue weighted by Gasteiger charge is 2.30. The number of hydrogen-bond donors (Lipinski definition) is 0. The van der Waals surface area contributed by atoms with Gasteiger partial charge in [0.1, 0.15) is 5.60 Å². The first-order valence-electron chi connectivity index (χ1n) is 8.07. The summed E-state index contributed by atoms with van der Waals surface area (Å²) in [5.41, 5.74) is 0.700. The number of rotatable bonds is 4. The van der Waals surface area contributed by atoms with Gasteiger partial charge in [0.2, 0.25) is 0 Å². The van der Waals surface area contributed by atoms with Crippen molar-refractivity contribution in [3.05, 3.63) is 35.9 Å². The fourth-order valence-electron chi connectivity index (χ4n) is 2.62. The topological polar surface area (TPSA) is 38.8 Å². The third-order valence-corrected chi connectivity index (χ3v) is 3.68. The minimum atomic E-state index is -0.454. The van der Waals surface area contributed by atoms with E-state index in [4.69, 9.17) is 9.47 Å². The van der Waals surface area contributed by atoms with Crippen molar-refractivity contribution in [2.75, 3.05) is 13.2 Å². The molecule has 0 radical (unpaired) electrons. The van der Waals surface area contributed by atoms with Gasteiger partial charge in [-0.1, -0.05) is 30.3 Å². The third kappa shape index (κ3) is 5.34. The first-order chi connectivity index (χ1) is 10.5. The van der Waals surface area contributed by atoms with Crippen molar-refractivity contribution < 1.29 is 14.3 Å². The summed E-state index contributed by atoms with van der Waals surface area (Å²) >= 11 is 0. The van der Waals surface area contributed by atoms with Gasteiger partial charge in [0, 0.05) is 6.54 Å². The Bertz CT molecular complexity index is 467. The Morgan fingerprint density at radius 3 is 2.64 bits per heavy atom. The average molecular weight is 305 g/mol. The van der Waals surface area contributed by atoms with E-state index in [1.54, 1.807) is 0 Å². The molecule has 1 atom stereocenters. The molecule has 122 valence electrons.